The van der Waals surface area contributed by atoms with Crippen LogP contribution in [0.15, 0.2) is 47.5 Å². The van der Waals surface area contributed by atoms with Gasteiger partial charge >= 0.3 is 0 Å². The number of benzene rings is 1. The average molecular weight is 291 g/mol. The third-order valence-electron chi connectivity index (χ3n) is 2.56. The van der Waals surface area contributed by atoms with E-state index in [4.69, 9.17) is 5.73 Å². The Morgan fingerprint density at radius 1 is 1.15 bits per heavy atom. The molecule has 0 unspecified atom stereocenters. The maximum absolute atomic E-state index is 11.9. The fraction of sp³-hybridized carbons (Fsp3) is 0.0769. The Morgan fingerprint density at radius 3 is 2.30 bits per heavy atom. The van der Waals surface area contributed by atoms with E-state index < -0.39 is 15.7 Å². The summed E-state index contributed by atoms with van der Waals surface area (Å²) >= 11 is 0. The van der Waals surface area contributed by atoms with Gasteiger partial charge in [0.1, 0.15) is 5.69 Å². The normalized spacial score (nSPS) is 11.1. The molecule has 6 nitrogen and oxygen atoms in total. The zero-order valence-corrected chi connectivity index (χ0v) is 11.5. The van der Waals surface area contributed by atoms with Crippen LogP contribution in [0.5, 0.6) is 0 Å². The minimum absolute atomic E-state index is 0.195. The second kappa shape index (κ2) is 5.30. The highest BCUT2D eigenvalue weighted by Crippen LogP contribution is 2.14. The molecule has 20 heavy (non-hydrogen) atoms. The van der Waals surface area contributed by atoms with Gasteiger partial charge in [0.15, 0.2) is 9.84 Å². The van der Waals surface area contributed by atoms with Crippen molar-refractivity contribution in [2.75, 3.05) is 17.3 Å². The molecule has 2 rings (SSSR count). The van der Waals surface area contributed by atoms with E-state index in [0.29, 0.717) is 11.4 Å². The summed E-state index contributed by atoms with van der Waals surface area (Å²) in [5, 5.41) is 2.62. The van der Waals surface area contributed by atoms with Crippen molar-refractivity contribution < 1.29 is 13.2 Å². The highest BCUT2D eigenvalue weighted by atomic mass is 32.2. The van der Waals surface area contributed by atoms with Crippen molar-refractivity contribution >= 4 is 27.1 Å². The summed E-state index contributed by atoms with van der Waals surface area (Å²) in [4.78, 5) is 16.0. The Labute approximate surface area is 116 Å². The summed E-state index contributed by atoms with van der Waals surface area (Å²) in [7, 11) is -3.24. The van der Waals surface area contributed by atoms with Crippen LogP contribution in [0, 0.1) is 0 Å². The lowest BCUT2D eigenvalue weighted by molar-refractivity contribution is 0.102. The van der Waals surface area contributed by atoms with Gasteiger partial charge in [0.25, 0.3) is 5.91 Å². The Morgan fingerprint density at radius 2 is 1.80 bits per heavy atom. The maximum Gasteiger partial charge on any atom is 0.274 e. The molecule has 0 bridgehead atoms. The van der Waals surface area contributed by atoms with Gasteiger partial charge in [0.05, 0.1) is 16.8 Å². The maximum atomic E-state index is 11.9. The summed E-state index contributed by atoms with van der Waals surface area (Å²) in [6.45, 7) is 0. The zero-order chi connectivity index (χ0) is 14.8. The molecule has 0 fully saturated rings. The van der Waals surface area contributed by atoms with Gasteiger partial charge in [-0.15, -0.1) is 0 Å². The molecule has 0 aliphatic heterocycles. The second-order valence-electron chi connectivity index (χ2n) is 4.23. The standard InChI is InChI=1S/C13H13N3O3S/c1-20(18,19)11-5-3-10(4-6-11)16-13(17)12-7-2-9(14)8-15-12/h2-8H,14H2,1H3,(H,16,17). The summed E-state index contributed by atoms with van der Waals surface area (Å²) in [6, 6.07) is 8.99. The summed E-state index contributed by atoms with van der Waals surface area (Å²) in [5.74, 6) is -0.392. The molecular weight excluding hydrogens is 278 g/mol. The molecule has 3 N–H and O–H groups in total. The first-order chi connectivity index (χ1) is 9.36. The number of pyridine rings is 1. The van der Waals surface area contributed by atoms with Gasteiger partial charge in [-0.1, -0.05) is 0 Å². The van der Waals surface area contributed by atoms with Crippen molar-refractivity contribution in [3.8, 4) is 0 Å². The Bertz CT molecular complexity index is 722. The van der Waals surface area contributed by atoms with Crippen LogP contribution in [0.1, 0.15) is 10.5 Å². The molecule has 7 heteroatoms. The molecule has 0 atom stereocenters. The number of hydrogen-bond acceptors (Lipinski definition) is 5. The van der Waals surface area contributed by atoms with E-state index in [9.17, 15) is 13.2 Å². The predicted octanol–water partition coefficient (Wildman–Crippen LogP) is 1.32. The molecule has 1 amide bonds. The molecule has 0 saturated heterocycles. The third kappa shape index (κ3) is 3.33. The van der Waals surface area contributed by atoms with Crippen molar-refractivity contribution in [1.82, 2.24) is 4.98 Å². The number of carbonyl (C=O) groups is 1. The number of nitrogens with zero attached hydrogens (tertiary/aromatic N) is 1. The second-order valence-corrected chi connectivity index (χ2v) is 6.24. The van der Waals surface area contributed by atoms with Crippen LogP contribution in [0.25, 0.3) is 0 Å². The summed E-state index contributed by atoms with van der Waals surface area (Å²) < 4.78 is 22.6. The largest absolute Gasteiger partial charge is 0.397 e. The highest BCUT2D eigenvalue weighted by molar-refractivity contribution is 7.90. The lowest BCUT2D eigenvalue weighted by atomic mass is 10.3. The van der Waals surface area contributed by atoms with Crippen LogP contribution in [-0.4, -0.2) is 25.6 Å². The van der Waals surface area contributed by atoms with E-state index in [0.717, 1.165) is 6.26 Å². The number of hydrogen-bond donors (Lipinski definition) is 2. The van der Waals surface area contributed by atoms with Crippen LogP contribution >= 0.6 is 0 Å². The number of sulfone groups is 1. The fourth-order valence-corrected chi connectivity index (χ4v) is 2.15. The molecule has 0 radical (unpaired) electrons. The van der Waals surface area contributed by atoms with Crippen LogP contribution in [0.4, 0.5) is 11.4 Å². The SMILES string of the molecule is CS(=O)(=O)c1ccc(NC(=O)c2ccc(N)cn2)cc1. The van der Waals surface area contributed by atoms with Gasteiger partial charge in [0, 0.05) is 11.9 Å². The third-order valence-corrected chi connectivity index (χ3v) is 3.69. The van der Waals surface area contributed by atoms with Gasteiger partial charge in [-0.25, -0.2) is 13.4 Å². The molecular formula is C13H13N3O3S. The topological polar surface area (TPSA) is 102 Å². The first-order valence-corrected chi connectivity index (χ1v) is 7.58. The van der Waals surface area contributed by atoms with Crippen molar-refractivity contribution in [3.05, 3.63) is 48.3 Å². The molecule has 1 aromatic carbocycles. The van der Waals surface area contributed by atoms with Gasteiger partial charge in [-0.3, -0.25) is 4.79 Å². The number of nitrogens with two attached hydrogens (primary N) is 1. The Hall–Kier alpha value is -2.41. The molecule has 0 aliphatic rings. The van der Waals surface area contributed by atoms with Gasteiger partial charge in [-0.2, -0.15) is 0 Å². The number of nitrogens with one attached hydrogen (secondary N) is 1. The lowest BCUT2D eigenvalue weighted by Gasteiger charge is -2.05. The molecule has 0 aliphatic carbocycles. The molecule has 2 aromatic rings. The van der Waals surface area contributed by atoms with Crippen LogP contribution in [-0.2, 0) is 9.84 Å². The van der Waals surface area contributed by atoms with E-state index in [2.05, 4.69) is 10.3 Å². The van der Waals surface area contributed by atoms with E-state index in [1.807, 2.05) is 0 Å². The van der Waals surface area contributed by atoms with E-state index in [1.54, 1.807) is 6.07 Å². The number of anilines is 2. The van der Waals surface area contributed by atoms with E-state index in [1.165, 1.54) is 36.5 Å². The van der Waals surface area contributed by atoms with Crippen LogP contribution in [0.2, 0.25) is 0 Å². The van der Waals surface area contributed by atoms with Crippen molar-refractivity contribution in [2.24, 2.45) is 0 Å². The van der Waals surface area contributed by atoms with Crippen molar-refractivity contribution in [3.63, 3.8) is 0 Å². The first kappa shape index (κ1) is 14.0. The molecule has 0 saturated carbocycles. The monoisotopic (exact) mass is 291 g/mol. The number of carbonyl (C=O) groups excluding carboxylic acids is 1. The molecule has 1 aromatic heterocycles. The number of amides is 1. The number of aromatic nitrogens is 1. The lowest BCUT2D eigenvalue weighted by Crippen LogP contribution is -2.13. The fourth-order valence-electron chi connectivity index (χ4n) is 1.52. The van der Waals surface area contributed by atoms with Gasteiger partial charge < -0.3 is 11.1 Å². The smallest absolute Gasteiger partial charge is 0.274 e. The van der Waals surface area contributed by atoms with Crippen LogP contribution < -0.4 is 11.1 Å². The first-order valence-electron chi connectivity index (χ1n) is 5.69. The summed E-state index contributed by atoms with van der Waals surface area (Å²) in [5.41, 5.74) is 6.67. The average Bonchev–Trinajstić information content (AvgIpc) is 2.39. The Kier molecular flexibility index (Phi) is 3.71. The van der Waals surface area contributed by atoms with Crippen molar-refractivity contribution in [1.29, 1.82) is 0 Å². The predicted molar refractivity (Wildman–Crippen MR) is 76.2 cm³/mol. The molecule has 1 heterocycles. The minimum Gasteiger partial charge on any atom is -0.397 e. The Balaban J connectivity index is 2.14. The van der Waals surface area contributed by atoms with Gasteiger partial charge in [-0.05, 0) is 36.4 Å². The van der Waals surface area contributed by atoms with E-state index >= 15 is 0 Å². The molecule has 0 spiro atoms. The number of nitrogen functional groups attached to an aromatic ring is 1. The van der Waals surface area contributed by atoms with Gasteiger partial charge in [0.2, 0.25) is 0 Å². The minimum atomic E-state index is -3.24. The zero-order valence-electron chi connectivity index (χ0n) is 10.7. The van der Waals surface area contributed by atoms with E-state index in [-0.39, 0.29) is 10.6 Å². The van der Waals surface area contributed by atoms with Crippen LogP contribution in [0.3, 0.4) is 0 Å². The number of rotatable bonds is 3. The molecule has 104 valence electrons. The highest BCUT2D eigenvalue weighted by Gasteiger charge is 2.09. The quantitative estimate of drug-likeness (QED) is 0.888. The summed E-state index contributed by atoms with van der Waals surface area (Å²) in [6.07, 6.45) is 2.51. The van der Waals surface area contributed by atoms with Crippen molar-refractivity contribution in [2.45, 2.75) is 4.90 Å².